The summed E-state index contributed by atoms with van der Waals surface area (Å²) >= 11 is 0. The lowest BCUT2D eigenvalue weighted by atomic mass is 9.73. The number of hydrogen-bond acceptors (Lipinski definition) is 4. The van der Waals surface area contributed by atoms with E-state index in [-0.39, 0.29) is 11.5 Å². The predicted molar refractivity (Wildman–Crippen MR) is 192 cm³/mol. The van der Waals surface area contributed by atoms with Gasteiger partial charge in [0, 0.05) is 35.5 Å². The molecule has 1 aliphatic carbocycles. The number of carbonyl (C=O) groups is 1. The van der Waals surface area contributed by atoms with E-state index in [1.807, 2.05) is 13.0 Å². The molecule has 2 aliphatic rings. The Morgan fingerprint density at radius 2 is 1.57 bits per heavy atom. The number of esters is 1. The molecule has 4 nitrogen and oxygen atoms in total. The van der Waals surface area contributed by atoms with Gasteiger partial charge in [0.2, 0.25) is 0 Å². The first-order chi connectivity index (χ1) is 22.8. The third-order valence-corrected chi connectivity index (χ3v) is 10.5. The zero-order chi connectivity index (χ0) is 32.9. The summed E-state index contributed by atoms with van der Waals surface area (Å²) in [7, 11) is 2.21. The van der Waals surface area contributed by atoms with E-state index >= 15 is 0 Å². The molecule has 1 unspecified atom stereocenters. The smallest absolute Gasteiger partial charge is 0.357 e. The quantitative estimate of drug-likeness (QED) is 0.170. The van der Waals surface area contributed by atoms with Crippen LogP contribution in [0.15, 0.2) is 109 Å². The Labute approximate surface area is 278 Å². The van der Waals surface area contributed by atoms with Crippen LogP contribution in [0, 0.1) is 13.8 Å². The Hall–Kier alpha value is -4.96. The summed E-state index contributed by atoms with van der Waals surface area (Å²) in [5.74, 6) is -0.419. The number of rotatable bonds is 7. The van der Waals surface area contributed by atoms with Crippen LogP contribution in [0.4, 0.5) is 5.69 Å². The number of likely N-dealkylation sites (N-methyl/N-ethyl adjacent to an activating group) is 1. The second-order valence-electron chi connectivity index (χ2n) is 13.1. The predicted octanol–water partition coefficient (Wildman–Crippen LogP) is 10.3. The van der Waals surface area contributed by atoms with Crippen LogP contribution in [0.1, 0.15) is 101 Å². The lowest BCUT2D eigenvalue weighted by molar-refractivity contribution is 0.0328. The molecule has 0 fully saturated rings. The molecule has 0 saturated carbocycles. The first-order valence-electron chi connectivity index (χ1n) is 16.8. The summed E-state index contributed by atoms with van der Waals surface area (Å²) in [4.78, 5) is 19.8. The van der Waals surface area contributed by atoms with Gasteiger partial charge in [0.25, 0.3) is 0 Å². The highest BCUT2D eigenvalue weighted by Gasteiger charge is 2.42. The lowest BCUT2D eigenvalue weighted by Crippen LogP contribution is -2.30. The molecular formula is C43H42N2O2. The van der Waals surface area contributed by atoms with E-state index in [1.54, 1.807) is 18.3 Å². The highest BCUT2D eigenvalue weighted by atomic mass is 16.5. The van der Waals surface area contributed by atoms with E-state index in [4.69, 9.17) is 4.74 Å². The van der Waals surface area contributed by atoms with Crippen LogP contribution in [-0.2, 0) is 10.2 Å². The van der Waals surface area contributed by atoms with Gasteiger partial charge in [-0.15, -0.1) is 0 Å². The fourth-order valence-electron chi connectivity index (χ4n) is 8.26. The number of benzene rings is 4. The number of pyridine rings is 1. The van der Waals surface area contributed by atoms with Crippen molar-refractivity contribution in [2.24, 2.45) is 0 Å². The van der Waals surface area contributed by atoms with Gasteiger partial charge < -0.3 is 9.64 Å². The SMILES string of the molecule is CCC1(CC)c2ccccc2-c2cc3c(cc21)N(C)C(c1cc(C)cc(C)c1[C@@H](C)OC(=O)c1ccccn1)C=C3c1ccccc1. The second kappa shape index (κ2) is 12.0. The van der Waals surface area contributed by atoms with E-state index in [0.29, 0.717) is 5.69 Å². The fourth-order valence-corrected chi connectivity index (χ4v) is 8.26. The maximum atomic E-state index is 13.2. The number of aryl methyl sites for hydroxylation is 2. The third kappa shape index (κ3) is 4.98. The fraction of sp³-hybridized carbons (Fsp3) is 0.256. The van der Waals surface area contributed by atoms with Crippen LogP contribution in [0.25, 0.3) is 16.7 Å². The summed E-state index contributed by atoms with van der Waals surface area (Å²) in [5.41, 5.74) is 15.2. The molecule has 0 bridgehead atoms. The average molecular weight is 619 g/mol. The van der Waals surface area contributed by atoms with Crippen molar-refractivity contribution < 1.29 is 9.53 Å². The van der Waals surface area contributed by atoms with Crippen molar-refractivity contribution in [3.63, 3.8) is 0 Å². The summed E-state index contributed by atoms with van der Waals surface area (Å²) < 4.78 is 6.10. The Balaban J connectivity index is 1.41. The number of aromatic nitrogens is 1. The average Bonchev–Trinajstić information content (AvgIpc) is 3.37. The van der Waals surface area contributed by atoms with Gasteiger partial charge in [-0.05, 0) is 108 Å². The van der Waals surface area contributed by atoms with Crippen molar-refractivity contribution in [1.29, 1.82) is 0 Å². The van der Waals surface area contributed by atoms with Gasteiger partial charge in [-0.1, -0.05) is 92.2 Å². The molecule has 0 amide bonds. The lowest BCUT2D eigenvalue weighted by Gasteiger charge is -2.39. The Bertz CT molecular complexity index is 2010. The summed E-state index contributed by atoms with van der Waals surface area (Å²) in [6.07, 6.45) is 5.64. The molecule has 5 aromatic rings. The van der Waals surface area contributed by atoms with Crippen molar-refractivity contribution >= 4 is 17.2 Å². The second-order valence-corrected chi connectivity index (χ2v) is 13.1. The molecule has 0 radical (unpaired) electrons. The Morgan fingerprint density at radius 1 is 0.851 bits per heavy atom. The number of anilines is 1. The van der Waals surface area contributed by atoms with Crippen LogP contribution in [0.3, 0.4) is 0 Å². The minimum absolute atomic E-state index is 0.0232. The van der Waals surface area contributed by atoms with Crippen LogP contribution in [0.2, 0.25) is 0 Å². The van der Waals surface area contributed by atoms with Gasteiger partial charge in [0.1, 0.15) is 11.8 Å². The maximum absolute atomic E-state index is 13.2. The van der Waals surface area contributed by atoms with Gasteiger partial charge in [0.05, 0.1) is 6.04 Å². The molecule has 2 atom stereocenters. The van der Waals surface area contributed by atoms with Crippen LogP contribution >= 0.6 is 0 Å². The molecule has 0 saturated heterocycles. The molecule has 1 aliphatic heterocycles. The zero-order valence-corrected chi connectivity index (χ0v) is 28.2. The van der Waals surface area contributed by atoms with E-state index in [0.717, 1.165) is 29.5 Å². The molecule has 236 valence electrons. The van der Waals surface area contributed by atoms with Crippen LogP contribution < -0.4 is 4.90 Å². The van der Waals surface area contributed by atoms with Crippen molar-refractivity contribution in [3.8, 4) is 11.1 Å². The van der Waals surface area contributed by atoms with E-state index in [2.05, 4.69) is 130 Å². The molecular weight excluding hydrogens is 576 g/mol. The van der Waals surface area contributed by atoms with Gasteiger partial charge in [-0.2, -0.15) is 0 Å². The number of fused-ring (bicyclic) bond motifs is 4. The molecule has 0 N–H and O–H groups in total. The highest BCUT2D eigenvalue weighted by Crippen LogP contribution is 2.56. The van der Waals surface area contributed by atoms with Crippen molar-refractivity contribution in [3.05, 3.63) is 160 Å². The summed E-state index contributed by atoms with van der Waals surface area (Å²) in [5, 5.41) is 0. The molecule has 47 heavy (non-hydrogen) atoms. The molecule has 0 spiro atoms. The summed E-state index contributed by atoms with van der Waals surface area (Å²) in [6, 6.07) is 34.3. The number of carbonyl (C=O) groups excluding carboxylic acids is 1. The monoisotopic (exact) mass is 618 g/mol. The molecule has 4 aromatic carbocycles. The van der Waals surface area contributed by atoms with Gasteiger partial charge in [0.15, 0.2) is 0 Å². The highest BCUT2D eigenvalue weighted by molar-refractivity contribution is 5.95. The molecule has 4 heteroatoms. The Kier molecular flexibility index (Phi) is 7.83. The van der Waals surface area contributed by atoms with Crippen LogP contribution in [0.5, 0.6) is 0 Å². The van der Waals surface area contributed by atoms with Gasteiger partial charge in [-0.25, -0.2) is 9.78 Å². The van der Waals surface area contributed by atoms with E-state index in [1.165, 1.54) is 50.2 Å². The normalized spacial score (nSPS) is 16.5. The van der Waals surface area contributed by atoms with Crippen molar-refractivity contribution in [1.82, 2.24) is 4.98 Å². The minimum atomic E-state index is -0.467. The molecule has 7 rings (SSSR count). The first kappa shape index (κ1) is 30.7. The van der Waals surface area contributed by atoms with Crippen molar-refractivity contribution in [2.75, 3.05) is 11.9 Å². The maximum Gasteiger partial charge on any atom is 0.357 e. The number of hydrogen-bond donors (Lipinski definition) is 0. The van der Waals surface area contributed by atoms with Crippen molar-refractivity contribution in [2.45, 2.75) is 65.0 Å². The summed E-state index contributed by atoms with van der Waals surface area (Å²) in [6.45, 7) is 10.9. The number of nitrogens with zero attached hydrogens (tertiary/aromatic N) is 2. The first-order valence-corrected chi connectivity index (χ1v) is 16.8. The van der Waals surface area contributed by atoms with Gasteiger partial charge >= 0.3 is 5.97 Å². The van der Waals surface area contributed by atoms with Crippen LogP contribution in [-0.4, -0.2) is 18.0 Å². The molecule has 1 aromatic heterocycles. The largest absolute Gasteiger partial charge is 0.453 e. The van der Waals surface area contributed by atoms with E-state index in [9.17, 15) is 4.79 Å². The Morgan fingerprint density at radius 3 is 2.30 bits per heavy atom. The van der Waals surface area contributed by atoms with Gasteiger partial charge in [-0.3, -0.25) is 0 Å². The topological polar surface area (TPSA) is 42.4 Å². The standard InChI is InChI=1S/C43H42N2O2/c1-7-43(8-2)36-19-13-12-18-31(36)33-24-34-32(30-16-10-9-11-17-30)25-39(45(6)40(34)26-37(33)43)35-23-27(3)22-28(4)41(35)29(5)47-42(46)38-20-14-15-21-44-38/h9-26,29,39H,7-8H2,1-6H3/t29-,39?/m1/s1. The third-order valence-electron chi connectivity index (χ3n) is 10.5. The number of ether oxygens (including phenoxy) is 1. The van der Waals surface area contributed by atoms with E-state index < -0.39 is 12.1 Å². The minimum Gasteiger partial charge on any atom is -0.453 e. The zero-order valence-electron chi connectivity index (χ0n) is 28.2. The molecule has 2 heterocycles.